The molecule has 1 atom stereocenters. The van der Waals surface area contributed by atoms with Gasteiger partial charge in [-0.3, -0.25) is 4.90 Å². The molecule has 128 valence electrons. The molecule has 1 aliphatic heterocycles. The predicted molar refractivity (Wildman–Crippen MR) is 89.3 cm³/mol. The summed E-state index contributed by atoms with van der Waals surface area (Å²) >= 11 is 0. The van der Waals surface area contributed by atoms with Gasteiger partial charge in [-0.1, -0.05) is 0 Å². The van der Waals surface area contributed by atoms with Crippen LogP contribution in [0.1, 0.15) is 26.6 Å². The Bertz CT molecular complexity index is 681. The molecule has 24 heavy (non-hydrogen) atoms. The van der Waals surface area contributed by atoms with Crippen molar-refractivity contribution in [1.82, 2.24) is 24.8 Å². The third-order valence-corrected chi connectivity index (χ3v) is 3.90. The van der Waals surface area contributed by atoms with Gasteiger partial charge in [0.2, 0.25) is 0 Å². The van der Waals surface area contributed by atoms with Crippen molar-refractivity contribution in [3.8, 4) is 0 Å². The molecule has 0 aromatic carbocycles. The molecule has 1 amide bonds. The average molecular weight is 329 g/mol. The number of nitrogens with zero attached hydrogens (tertiary/aromatic N) is 4. The normalized spacial score (nSPS) is 21.5. The highest BCUT2D eigenvalue weighted by atomic mass is 16.6. The highest BCUT2D eigenvalue weighted by Crippen LogP contribution is 2.31. The molecule has 0 saturated carbocycles. The molecule has 1 aliphatic rings. The van der Waals surface area contributed by atoms with Gasteiger partial charge < -0.3 is 14.6 Å². The number of rotatable bonds is 2. The highest BCUT2D eigenvalue weighted by molar-refractivity contribution is 5.69. The number of piperazine rings is 1. The van der Waals surface area contributed by atoms with E-state index in [9.17, 15) is 4.79 Å². The lowest BCUT2D eigenvalue weighted by Crippen LogP contribution is -2.65. The highest BCUT2D eigenvalue weighted by Gasteiger charge is 2.48. The fourth-order valence-electron chi connectivity index (χ4n) is 2.93. The minimum Gasteiger partial charge on any atom is -0.444 e. The summed E-state index contributed by atoms with van der Waals surface area (Å²) in [6.45, 7) is 7.29. The van der Waals surface area contributed by atoms with E-state index >= 15 is 0 Å². The minimum absolute atomic E-state index is 0.370. The van der Waals surface area contributed by atoms with Gasteiger partial charge in [0.25, 0.3) is 0 Å². The lowest BCUT2D eigenvalue weighted by Gasteiger charge is -2.46. The molecule has 1 unspecified atom stereocenters. The Balaban J connectivity index is 2.09. The SMILES string of the molecule is CC(C)(C)OC(=O)N1CCNCC1(c1ncccn1)n1cccc1. The van der Waals surface area contributed by atoms with Crippen LogP contribution < -0.4 is 5.32 Å². The minimum atomic E-state index is -0.856. The van der Waals surface area contributed by atoms with E-state index in [1.165, 1.54) is 0 Å². The van der Waals surface area contributed by atoms with Crippen molar-refractivity contribution in [2.45, 2.75) is 32.0 Å². The smallest absolute Gasteiger partial charge is 0.412 e. The first kappa shape index (κ1) is 16.4. The first-order valence-electron chi connectivity index (χ1n) is 8.06. The fourth-order valence-corrected chi connectivity index (χ4v) is 2.93. The molecule has 2 aromatic rings. The quantitative estimate of drug-likeness (QED) is 0.910. The summed E-state index contributed by atoms with van der Waals surface area (Å²) in [5.41, 5.74) is -1.42. The predicted octanol–water partition coefficient (Wildman–Crippen LogP) is 1.82. The molecule has 3 rings (SSSR count). The van der Waals surface area contributed by atoms with Crippen LogP contribution in [0.4, 0.5) is 4.79 Å². The Morgan fingerprint density at radius 3 is 2.50 bits per heavy atom. The third kappa shape index (κ3) is 2.99. The summed E-state index contributed by atoms with van der Waals surface area (Å²) in [5.74, 6) is 0.555. The molecule has 0 aliphatic carbocycles. The fraction of sp³-hybridized carbons (Fsp3) is 0.471. The van der Waals surface area contributed by atoms with Crippen molar-refractivity contribution in [1.29, 1.82) is 0 Å². The van der Waals surface area contributed by atoms with Crippen LogP contribution in [-0.4, -0.2) is 50.8 Å². The van der Waals surface area contributed by atoms with Gasteiger partial charge in [0.15, 0.2) is 11.5 Å². The van der Waals surface area contributed by atoms with Gasteiger partial charge in [-0.25, -0.2) is 14.8 Å². The van der Waals surface area contributed by atoms with Crippen LogP contribution in [0.3, 0.4) is 0 Å². The van der Waals surface area contributed by atoms with E-state index in [2.05, 4.69) is 15.3 Å². The summed E-state index contributed by atoms with van der Waals surface area (Å²) in [5, 5.41) is 3.36. The van der Waals surface area contributed by atoms with Gasteiger partial charge in [-0.2, -0.15) is 0 Å². The summed E-state index contributed by atoms with van der Waals surface area (Å²) < 4.78 is 7.60. The van der Waals surface area contributed by atoms with Crippen LogP contribution in [0.5, 0.6) is 0 Å². The number of carbonyl (C=O) groups excluding carboxylic acids is 1. The molecule has 3 heterocycles. The summed E-state index contributed by atoms with van der Waals surface area (Å²) in [7, 11) is 0. The van der Waals surface area contributed by atoms with E-state index < -0.39 is 11.3 Å². The topological polar surface area (TPSA) is 72.3 Å². The molecule has 0 radical (unpaired) electrons. The number of amides is 1. The van der Waals surface area contributed by atoms with Crippen molar-refractivity contribution >= 4 is 6.09 Å². The average Bonchev–Trinajstić information content (AvgIpc) is 3.09. The number of aromatic nitrogens is 3. The van der Waals surface area contributed by atoms with Crippen LogP contribution in [0, 0.1) is 0 Å². The molecule has 7 heteroatoms. The number of ether oxygens (including phenoxy) is 1. The molecule has 1 N–H and O–H groups in total. The van der Waals surface area contributed by atoms with E-state index in [0.717, 1.165) is 0 Å². The van der Waals surface area contributed by atoms with Crippen molar-refractivity contribution in [3.63, 3.8) is 0 Å². The molecule has 0 bridgehead atoms. The lowest BCUT2D eigenvalue weighted by atomic mass is 10.0. The van der Waals surface area contributed by atoms with Crippen molar-refractivity contribution in [2.75, 3.05) is 19.6 Å². The zero-order valence-corrected chi connectivity index (χ0v) is 14.3. The van der Waals surface area contributed by atoms with Gasteiger partial charge >= 0.3 is 6.09 Å². The van der Waals surface area contributed by atoms with E-state index in [-0.39, 0.29) is 6.09 Å². The van der Waals surface area contributed by atoms with Crippen LogP contribution in [-0.2, 0) is 10.4 Å². The number of hydrogen-bond donors (Lipinski definition) is 1. The summed E-state index contributed by atoms with van der Waals surface area (Å²) in [6.07, 6.45) is 6.84. The van der Waals surface area contributed by atoms with Crippen molar-refractivity contribution in [3.05, 3.63) is 48.8 Å². The zero-order chi connectivity index (χ0) is 17.2. The third-order valence-electron chi connectivity index (χ3n) is 3.90. The largest absolute Gasteiger partial charge is 0.444 e. The van der Waals surface area contributed by atoms with E-state index in [1.807, 2.05) is 49.9 Å². The van der Waals surface area contributed by atoms with Crippen LogP contribution >= 0.6 is 0 Å². The lowest BCUT2D eigenvalue weighted by molar-refractivity contribution is -0.0251. The maximum absolute atomic E-state index is 12.9. The zero-order valence-electron chi connectivity index (χ0n) is 14.3. The standard InChI is InChI=1S/C17H23N5O2/c1-16(2,3)24-15(23)22-12-9-18-13-17(22,21-10-4-5-11-21)14-19-7-6-8-20-14/h4-8,10-11,18H,9,12-13H2,1-3H3. The summed E-state index contributed by atoms with van der Waals surface area (Å²) in [4.78, 5) is 23.5. The number of carbonyl (C=O) groups is 1. The van der Waals surface area contributed by atoms with Gasteiger partial charge in [0, 0.05) is 44.4 Å². The van der Waals surface area contributed by atoms with Crippen LogP contribution in [0.15, 0.2) is 43.0 Å². The molecule has 2 aromatic heterocycles. The van der Waals surface area contributed by atoms with Crippen molar-refractivity contribution in [2.24, 2.45) is 0 Å². The van der Waals surface area contributed by atoms with E-state index in [4.69, 9.17) is 4.74 Å². The van der Waals surface area contributed by atoms with Gasteiger partial charge in [-0.05, 0) is 39.0 Å². The Morgan fingerprint density at radius 1 is 1.21 bits per heavy atom. The molecule has 1 fully saturated rings. The molecule has 7 nitrogen and oxygen atoms in total. The second kappa shape index (κ2) is 6.24. The number of nitrogens with one attached hydrogen (secondary N) is 1. The van der Waals surface area contributed by atoms with Crippen LogP contribution in [0.25, 0.3) is 0 Å². The second-order valence-electron chi connectivity index (χ2n) is 6.79. The Labute approximate surface area is 141 Å². The Hall–Kier alpha value is -2.41. The Morgan fingerprint density at radius 2 is 1.88 bits per heavy atom. The monoisotopic (exact) mass is 329 g/mol. The molecule has 1 saturated heterocycles. The van der Waals surface area contributed by atoms with Gasteiger partial charge in [-0.15, -0.1) is 0 Å². The van der Waals surface area contributed by atoms with Gasteiger partial charge in [0.05, 0.1) is 0 Å². The maximum Gasteiger partial charge on any atom is 0.412 e. The van der Waals surface area contributed by atoms with E-state index in [1.54, 1.807) is 23.4 Å². The second-order valence-corrected chi connectivity index (χ2v) is 6.79. The first-order valence-corrected chi connectivity index (χ1v) is 8.06. The first-order chi connectivity index (χ1) is 11.4. The van der Waals surface area contributed by atoms with Crippen LogP contribution in [0.2, 0.25) is 0 Å². The number of hydrogen-bond acceptors (Lipinski definition) is 5. The maximum atomic E-state index is 12.9. The van der Waals surface area contributed by atoms with E-state index in [0.29, 0.717) is 25.5 Å². The Kier molecular flexibility index (Phi) is 4.28. The van der Waals surface area contributed by atoms with Crippen molar-refractivity contribution < 1.29 is 9.53 Å². The van der Waals surface area contributed by atoms with Gasteiger partial charge in [0.1, 0.15) is 5.60 Å². The summed E-state index contributed by atoms with van der Waals surface area (Å²) in [6, 6.07) is 5.61. The molecular weight excluding hydrogens is 306 g/mol. The molecular formula is C17H23N5O2. The molecule has 0 spiro atoms.